The van der Waals surface area contributed by atoms with Crippen LogP contribution >= 0.6 is 11.6 Å². The minimum Gasteiger partial charge on any atom is -0.468 e. The van der Waals surface area contributed by atoms with Crippen molar-refractivity contribution in [3.63, 3.8) is 0 Å². The van der Waals surface area contributed by atoms with Crippen molar-refractivity contribution in [2.75, 3.05) is 7.11 Å². The molecule has 0 radical (unpaired) electrons. The average Bonchev–Trinajstić information content (AvgIpc) is 2.20. The minimum absolute atomic E-state index is 0.317. The van der Waals surface area contributed by atoms with Gasteiger partial charge in [0.25, 0.3) is 0 Å². The van der Waals surface area contributed by atoms with Crippen molar-refractivity contribution in [2.24, 2.45) is 0 Å². The first-order valence-electron chi connectivity index (χ1n) is 4.04. The Morgan fingerprint density at radius 1 is 1.57 bits per heavy atom. The van der Waals surface area contributed by atoms with Crippen molar-refractivity contribution < 1.29 is 13.9 Å². The number of esters is 1. The number of benzene rings is 1. The number of aryl methyl sites for hydroxylation is 1. The standard InChI is InChI=1S/C10H10ClFO2/c1-6-5-7(3-4-8(6)12)9(11)10(13)14-2/h3-5,9H,1-2H3. The highest BCUT2D eigenvalue weighted by atomic mass is 35.5. The molecule has 0 amide bonds. The van der Waals surface area contributed by atoms with Crippen LogP contribution in [0.3, 0.4) is 0 Å². The first-order valence-corrected chi connectivity index (χ1v) is 4.48. The molecule has 0 bridgehead atoms. The molecule has 1 atom stereocenters. The van der Waals surface area contributed by atoms with Crippen LogP contribution in [0.15, 0.2) is 18.2 Å². The number of hydrogen-bond donors (Lipinski definition) is 0. The monoisotopic (exact) mass is 216 g/mol. The van der Waals surface area contributed by atoms with E-state index in [4.69, 9.17) is 11.6 Å². The SMILES string of the molecule is COC(=O)C(Cl)c1ccc(F)c(C)c1. The van der Waals surface area contributed by atoms with Crippen molar-refractivity contribution >= 4 is 17.6 Å². The second-order valence-corrected chi connectivity index (χ2v) is 3.33. The van der Waals surface area contributed by atoms with Crippen LogP contribution in [-0.4, -0.2) is 13.1 Å². The normalized spacial score (nSPS) is 12.3. The highest BCUT2D eigenvalue weighted by Crippen LogP contribution is 2.23. The summed E-state index contributed by atoms with van der Waals surface area (Å²) in [5.41, 5.74) is 0.995. The van der Waals surface area contributed by atoms with E-state index in [-0.39, 0.29) is 5.82 Å². The molecular formula is C10H10ClFO2. The minimum atomic E-state index is -0.876. The lowest BCUT2D eigenvalue weighted by Gasteiger charge is -2.08. The van der Waals surface area contributed by atoms with Gasteiger partial charge < -0.3 is 4.74 Å². The molecule has 1 aromatic carbocycles. The summed E-state index contributed by atoms with van der Waals surface area (Å²) in [5.74, 6) is -0.861. The van der Waals surface area contributed by atoms with Crippen molar-refractivity contribution in [1.29, 1.82) is 0 Å². The maximum Gasteiger partial charge on any atom is 0.328 e. The molecule has 0 aliphatic heterocycles. The van der Waals surface area contributed by atoms with Gasteiger partial charge in [0.2, 0.25) is 0 Å². The Hall–Kier alpha value is -1.09. The molecule has 76 valence electrons. The summed E-state index contributed by atoms with van der Waals surface area (Å²) in [6.07, 6.45) is 0. The molecule has 0 saturated heterocycles. The lowest BCUT2D eigenvalue weighted by Crippen LogP contribution is -2.08. The van der Waals surface area contributed by atoms with Crippen molar-refractivity contribution in [1.82, 2.24) is 0 Å². The third-order valence-electron chi connectivity index (χ3n) is 1.88. The van der Waals surface area contributed by atoms with E-state index in [1.54, 1.807) is 6.92 Å². The zero-order valence-electron chi connectivity index (χ0n) is 7.88. The zero-order valence-corrected chi connectivity index (χ0v) is 8.64. The Bertz CT molecular complexity index is 352. The number of rotatable bonds is 2. The quantitative estimate of drug-likeness (QED) is 0.561. The second-order valence-electron chi connectivity index (χ2n) is 2.89. The molecule has 0 aliphatic rings. The lowest BCUT2D eigenvalue weighted by molar-refractivity contribution is -0.140. The van der Waals surface area contributed by atoms with E-state index in [2.05, 4.69) is 4.74 Å². The molecule has 1 unspecified atom stereocenters. The van der Waals surface area contributed by atoms with E-state index in [0.29, 0.717) is 11.1 Å². The molecule has 0 fully saturated rings. The van der Waals surface area contributed by atoms with Gasteiger partial charge >= 0.3 is 5.97 Å². The van der Waals surface area contributed by atoms with Gasteiger partial charge in [-0.3, -0.25) is 4.79 Å². The van der Waals surface area contributed by atoms with Crippen LogP contribution in [0.2, 0.25) is 0 Å². The van der Waals surface area contributed by atoms with E-state index < -0.39 is 11.3 Å². The topological polar surface area (TPSA) is 26.3 Å². The molecule has 0 aliphatic carbocycles. The lowest BCUT2D eigenvalue weighted by atomic mass is 10.1. The van der Waals surface area contributed by atoms with Crippen LogP contribution < -0.4 is 0 Å². The molecule has 0 N–H and O–H groups in total. The third-order valence-corrected chi connectivity index (χ3v) is 2.31. The number of carbonyl (C=O) groups is 1. The first-order chi connectivity index (χ1) is 6.56. The van der Waals surface area contributed by atoms with Gasteiger partial charge in [-0.15, -0.1) is 11.6 Å². The summed E-state index contributed by atoms with van der Waals surface area (Å²) in [6, 6.07) is 4.28. The molecule has 1 aromatic rings. The number of methoxy groups -OCH3 is 1. The number of hydrogen-bond acceptors (Lipinski definition) is 2. The fraction of sp³-hybridized carbons (Fsp3) is 0.300. The fourth-order valence-electron chi connectivity index (χ4n) is 1.07. The summed E-state index contributed by atoms with van der Waals surface area (Å²) in [4.78, 5) is 11.1. The van der Waals surface area contributed by atoms with Crippen molar-refractivity contribution in [2.45, 2.75) is 12.3 Å². The molecular weight excluding hydrogens is 207 g/mol. The molecule has 0 saturated carbocycles. The Labute approximate surface area is 86.6 Å². The fourth-order valence-corrected chi connectivity index (χ4v) is 1.29. The smallest absolute Gasteiger partial charge is 0.328 e. The molecule has 0 spiro atoms. The van der Waals surface area contributed by atoms with Crippen molar-refractivity contribution in [3.8, 4) is 0 Å². The van der Waals surface area contributed by atoms with Gasteiger partial charge in [-0.2, -0.15) is 0 Å². The Morgan fingerprint density at radius 2 is 2.21 bits per heavy atom. The van der Waals surface area contributed by atoms with Gasteiger partial charge in [0.05, 0.1) is 7.11 Å². The highest BCUT2D eigenvalue weighted by molar-refractivity contribution is 6.29. The van der Waals surface area contributed by atoms with E-state index in [0.717, 1.165) is 0 Å². The number of ether oxygens (including phenoxy) is 1. The number of alkyl halides is 1. The van der Waals surface area contributed by atoms with Crippen molar-refractivity contribution in [3.05, 3.63) is 35.1 Å². The van der Waals surface area contributed by atoms with Crippen LogP contribution in [0, 0.1) is 12.7 Å². The van der Waals surface area contributed by atoms with E-state index in [9.17, 15) is 9.18 Å². The van der Waals surface area contributed by atoms with Crippen LogP contribution in [0.25, 0.3) is 0 Å². The maximum absolute atomic E-state index is 12.9. The molecule has 0 aromatic heterocycles. The summed E-state index contributed by atoms with van der Waals surface area (Å²) in [6.45, 7) is 1.61. The Morgan fingerprint density at radius 3 is 2.71 bits per heavy atom. The predicted molar refractivity (Wildman–Crippen MR) is 51.7 cm³/mol. The van der Waals surface area contributed by atoms with Gasteiger partial charge in [-0.05, 0) is 24.1 Å². The number of halogens is 2. The highest BCUT2D eigenvalue weighted by Gasteiger charge is 2.18. The predicted octanol–water partition coefficient (Wildman–Crippen LogP) is 2.59. The maximum atomic E-state index is 12.9. The van der Waals surface area contributed by atoms with Gasteiger partial charge in [0.15, 0.2) is 5.38 Å². The molecule has 0 heterocycles. The number of carbonyl (C=O) groups excluding carboxylic acids is 1. The Kier molecular flexibility index (Phi) is 3.47. The zero-order chi connectivity index (χ0) is 10.7. The van der Waals surface area contributed by atoms with Gasteiger partial charge in [-0.25, -0.2) is 4.39 Å². The summed E-state index contributed by atoms with van der Waals surface area (Å²) in [7, 11) is 1.26. The van der Waals surface area contributed by atoms with Gasteiger partial charge in [0.1, 0.15) is 5.82 Å². The largest absolute Gasteiger partial charge is 0.468 e. The second kappa shape index (κ2) is 4.42. The molecule has 14 heavy (non-hydrogen) atoms. The third kappa shape index (κ3) is 2.23. The van der Waals surface area contributed by atoms with Crippen LogP contribution in [0.1, 0.15) is 16.5 Å². The summed E-state index contributed by atoms with van der Waals surface area (Å²) in [5, 5.41) is -0.876. The van der Waals surface area contributed by atoms with Gasteiger partial charge in [0, 0.05) is 0 Å². The summed E-state index contributed by atoms with van der Waals surface area (Å²) < 4.78 is 17.4. The van der Waals surface area contributed by atoms with Gasteiger partial charge in [-0.1, -0.05) is 12.1 Å². The summed E-state index contributed by atoms with van der Waals surface area (Å²) >= 11 is 5.78. The average molecular weight is 217 g/mol. The van der Waals surface area contributed by atoms with E-state index in [1.807, 2.05) is 0 Å². The van der Waals surface area contributed by atoms with E-state index in [1.165, 1.54) is 25.3 Å². The first kappa shape index (κ1) is 11.0. The van der Waals surface area contributed by atoms with E-state index >= 15 is 0 Å². The molecule has 2 nitrogen and oxygen atoms in total. The Balaban J connectivity index is 2.96. The van der Waals surface area contributed by atoms with Crippen LogP contribution in [0.4, 0.5) is 4.39 Å². The van der Waals surface area contributed by atoms with Crippen LogP contribution in [-0.2, 0) is 9.53 Å². The molecule has 1 rings (SSSR count). The van der Waals surface area contributed by atoms with Crippen LogP contribution in [0.5, 0.6) is 0 Å². The molecule has 4 heteroatoms.